The van der Waals surface area contributed by atoms with Crippen LogP contribution in [0.25, 0.3) is 0 Å². The maximum atomic E-state index is 3.70. The minimum Gasteiger partial charge on any atom is -0.308 e. The second kappa shape index (κ2) is 5.71. The third-order valence-electron chi connectivity index (χ3n) is 4.31. The van der Waals surface area contributed by atoms with Crippen molar-refractivity contribution in [1.29, 1.82) is 0 Å². The van der Waals surface area contributed by atoms with Crippen molar-refractivity contribution in [2.75, 3.05) is 19.6 Å². The highest BCUT2D eigenvalue weighted by Gasteiger charge is 2.41. The molecule has 1 atom stereocenters. The van der Waals surface area contributed by atoms with Gasteiger partial charge in [-0.1, -0.05) is 42.0 Å². The Hall–Kier alpha value is -1.12. The summed E-state index contributed by atoms with van der Waals surface area (Å²) in [5.74, 6) is 0. The maximum Gasteiger partial charge on any atom is 0.0561 e. The van der Waals surface area contributed by atoms with Crippen LogP contribution in [0.3, 0.4) is 0 Å². The highest BCUT2D eigenvalue weighted by molar-refractivity contribution is 5.26. The highest BCUT2D eigenvalue weighted by Crippen LogP contribution is 2.32. The molecule has 2 heteroatoms. The second-order valence-corrected chi connectivity index (χ2v) is 7.04. The molecule has 110 valence electrons. The van der Waals surface area contributed by atoms with E-state index < -0.39 is 0 Å². The molecule has 0 saturated carbocycles. The van der Waals surface area contributed by atoms with Gasteiger partial charge >= 0.3 is 0 Å². The van der Waals surface area contributed by atoms with Gasteiger partial charge in [-0.2, -0.15) is 0 Å². The van der Waals surface area contributed by atoms with E-state index in [4.69, 9.17) is 0 Å². The lowest BCUT2D eigenvalue weighted by Gasteiger charge is -2.51. The van der Waals surface area contributed by atoms with Crippen molar-refractivity contribution in [3.05, 3.63) is 47.5 Å². The molecule has 1 aromatic carbocycles. The van der Waals surface area contributed by atoms with Crippen LogP contribution in [0.2, 0.25) is 0 Å². The van der Waals surface area contributed by atoms with Crippen molar-refractivity contribution in [2.24, 2.45) is 0 Å². The van der Waals surface area contributed by atoms with Gasteiger partial charge in [0.1, 0.15) is 0 Å². The minimum atomic E-state index is 0.0583. The molecule has 0 bridgehead atoms. The van der Waals surface area contributed by atoms with E-state index in [-0.39, 0.29) is 11.1 Å². The Labute approximate surface area is 123 Å². The number of benzene rings is 1. The molecule has 20 heavy (non-hydrogen) atoms. The van der Waals surface area contributed by atoms with Crippen molar-refractivity contribution in [1.82, 2.24) is 10.2 Å². The number of piperazine rings is 1. The fraction of sp³-hybridized carbons (Fsp3) is 0.556. The summed E-state index contributed by atoms with van der Waals surface area (Å²) in [4.78, 5) is 2.60. The standard InChI is InChI=1S/C18H28N2/c1-15(2)11-12-20-14-17(3,4)19-13-18(20,5)16-9-7-6-8-10-16/h6-11,19H,12-14H2,1-5H3. The number of nitrogens with zero attached hydrogens (tertiary/aromatic N) is 1. The SMILES string of the molecule is CC(C)=CCN1CC(C)(C)NCC1(C)c1ccccc1. The first-order chi connectivity index (χ1) is 9.33. The van der Waals surface area contributed by atoms with Crippen molar-refractivity contribution in [3.8, 4) is 0 Å². The van der Waals surface area contributed by atoms with Crippen molar-refractivity contribution in [3.63, 3.8) is 0 Å². The van der Waals surface area contributed by atoms with E-state index >= 15 is 0 Å². The summed E-state index contributed by atoms with van der Waals surface area (Å²) < 4.78 is 0. The molecule has 1 unspecified atom stereocenters. The van der Waals surface area contributed by atoms with Crippen LogP contribution in [-0.4, -0.2) is 30.1 Å². The predicted molar refractivity (Wildman–Crippen MR) is 86.9 cm³/mol. The summed E-state index contributed by atoms with van der Waals surface area (Å²) in [6.45, 7) is 14.3. The van der Waals surface area contributed by atoms with Crippen molar-refractivity contribution >= 4 is 0 Å². The van der Waals surface area contributed by atoms with Crippen LogP contribution >= 0.6 is 0 Å². The number of hydrogen-bond donors (Lipinski definition) is 1. The zero-order valence-corrected chi connectivity index (χ0v) is 13.5. The molecule has 1 N–H and O–H groups in total. The van der Waals surface area contributed by atoms with Gasteiger partial charge < -0.3 is 5.32 Å². The van der Waals surface area contributed by atoms with Gasteiger partial charge in [-0.3, -0.25) is 4.90 Å². The third kappa shape index (κ3) is 3.31. The Kier molecular flexibility index (Phi) is 4.36. The number of allylic oxidation sites excluding steroid dienone is 1. The summed E-state index contributed by atoms with van der Waals surface area (Å²) in [6.07, 6.45) is 2.34. The number of hydrogen-bond acceptors (Lipinski definition) is 2. The van der Waals surface area contributed by atoms with Gasteiger partial charge in [-0.15, -0.1) is 0 Å². The van der Waals surface area contributed by atoms with Crippen LogP contribution in [0.5, 0.6) is 0 Å². The summed E-state index contributed by atoms with van der Waals surface area (Å²) >= 11 is 0. The average molecular weight is 272 g/mol. The molecule has 0 spiro atoms. The molecular weight excluding hydrogens is 244 g/mol. The first kappa shape index (κ1) is 15.3. The first-order valence-corrected chi connectivity index (χ1v) is 7.52. The van der Waals surface area contributed by atoms with Gasteiger partial charge in [0.2, 0.25) is 0 Å². The van der Waals surface area contributed by atoms with E-state index in [1.807, 2.05) is 0 Å². The van der Waals surface area contributed by atoms with E-state index in [1.165, 1.54) is 11.1 Å². The molecular formula is C18H28N2. The van der Waals surface area contributed by atoms with Crippen LogP contribution < -0.4 is 5.32 Å². The first-order valence-electron chi connectivity index (χ1n) is 7.52. The second-order valence-electron chi connectivity index (χ2n) is 7.04. The molecule has 1 aliphatic rings. The van der Waals surface area contributed by atoms with Crippen LogP contribution in [0.4, 0.5) is 0 Å². The summed E-state index contributed by atoms with van der Waals surface area (Å²) in [5, 5.41) is 3.70. The Morgan fingerprint density at radius 1 is 1.20 bits per heavy atom. The molecule has 0 amide bonds. The number of nitrogens with one attached hydrogen (secondary N) is 1. The number of rotatable bonds is 3. The van der Waals surface area contributed by atoms with Gasteiger partial charge in [0.25, 0.3) is 0 Å². The fourth-order valence-electron chi connectivity index (χ4n) is 2.87. The topological polar surface area (TPSA) is 15.3 Å². The molecule has 1 saturated heterocycles. The Balaban J connectivity index is 2.31. The zero-order valence-electron chi connectivity index (χ0n) is 13.5. The fourth-order valence-corrected chi connectivity index (χ4v) is 2.87. The molecule has 1 heterocycles. The molecule has 2 rings (SSSR count). The molecule has 2 nitrogen and oxygen atoms in total. The lowest BCUT2D eigenvalue weighted by Crippen LogP contribution is -2.65. The van der Waals surface area contributed by atoms with Gasteiger partial charge in [-0.25, -0.2) is 0 Å². The largest absolute Gasteiger partial charge is 0.308 e. The Morgan fingerprint density at radius 3 is 2.45 bits per heavy atom. The minimum absolute atomic E-state index is 0.0583. The van der Waals surface area contributed by atoms with Crippen LogP contribution in [0, 0.1) is 0 Å². The smallest absolute Gasteiger partial charge is 0.0561 e. The van der Waals surface area contributed by atoms with E-state index in [9.17, 15) is 0 Å². The van der Waals surface area contributed by atoms with Gasteiger partial charge in [0, 0.05) is 25.2 Å². The molecule has 0 radical (unpaired) electrons. The van der Waals surface area contributed by atoms with E-state index in [0.29, 0.717) is 0 Å². The van der Waals surface area contributed by atoms with Crippen molar-refractivity contribution < 1.29 is 0 Å². The lowest BCUT2D eigenvalue weighted by atomic mass is 9.84. The normalized spacial score (nSPS) is 26.2. The van der Waals surface area contributed by atoms with Crippen LogP contribution in [0.1, 0.15) is 40.2 Å². The molecule has 1 fully saturated rings. The quantitative estimate of drug-likeness (QED) is 0.847. The summed E-state index contributed by atoms with van der Waals surface area (Å²) in [6, 6.07) is 10.9. The van der Waals surface area contributed by atoms with Crippen LogP contribution in [0.15, 0.2) is 42.0 Å². The molecule has 0 aliphatic carbocycles. The summed E-state index contributed by atoms with van der Waals surface area (Å²) in [7, 11) is 0. The molecule has 1 aliphatic heterocycles. The van der Waals surface area contributed by atoms with E-state index in [0.717, 1.165) is 19.6 Å². The Morgan fingerprint density at radius 2 is 1.85 bits per heavy atom. The highest BCUT2D eigenvalue weighted by atomic mass is 15.3. The third-order valence-corrected chi connectivity index (χ3v) is 4.31. The predicted octanol–water partition coefficient (Wildman–Crippen LogP) is 3.55. The van der Waals surface area contributed by atoms with Gasteiger partial charge in [0.05, 0.1) is 5.54 Å². The average Bonchev–Trinajstić information content (AvgIpc) is 2.41. The zero-order chi connectivity index (χ0) is 14.8. The van der Waals surface area contributed by atoms with Gasteiger partial charge in [-0.05, 0) is 40.2 Å². The van der Waals surface area contributed by atoms with E-state index in [1.54, 1.807) is 0 Å². The van der Waals surface area contributed by atoms with E-state index in [2.05, 4.69) is 81.2 Å². The monoisotopic (exact) mass is 272 g/mol. The maximum absolute atomic E-state index is 3.70. The summed E-state index contributed by atoms with van der Waals surface area (Å²) in [5.41, 5.74) is 3.01. The van der Waals surface area contributed by atoms with Gasteiger partial charge in [0.15, 0.2) is 0 Å². The lowest BCUT2D eigenvalue weighted by molar-refractivity contribution is 0.0345. The Bertz CT molecular complexity index is 471. The van der Waals surface area contributed by atoms with Crippen molar-refractivity contribution in [2.45, 2.75) is 45.7 Å². The molecule has 0 aromatic heterocycles. The van der Waals surface area contributed by atoms with Crippen LogP contribution in [-0.2, 0) is 5.54 Å². The molecule has 1 aromatic rings.